The minimum Gasteiger partial charge on any atom is -0.508 e. The van der Waals surface area contributed by atoms with Crippen molar-refractivity contribution in [3.63, 3.8) is 0 Å². The van der Waals surface area contributed by atoms with Gasteiger partial charge in [0.05, 0.1) is 10.5 Å². The number of halogens is 1. The molecule has 1 aliphatic rings. The van der Waals surface area contributed by atoms with E-state index in [1.165, 1.54) is 24.3 Å². The third-order valence-electron chi connectivity index (χ3n) is 7.41. The Hall–Kier alpha value is -3.97. The summed E-state index contributed by atoms with van der Waals surface area (Å²) in [4.78, 5) is 26.1. The lowest BCUT2D eigenvalue weighted by atomic mass is 9.81. The number of phenolic OH excluding ortho intramolecular Hbond substituents is 2. The lowest BCUT2D eigenvalue weighted by Crippen LogP contribution is -2.34. The van der Waals surface area contributed by atoms with Crippen LogP contribution in [0.15, 0.2) is 45.8 Å². The van der Waals surface area contributed by atoms with Gasteiger partial charge in [-0.15, -0.1) is 0 Å². The molecular formula is C29H35FN4O7S. The van der Waals surface area contributed by atoms with E-state index in [0.29, 0.717) is 37.8 Å². The fourth-order valence-corrected chi connectivity index (χ4v) is 6.12. The van der Waals surface area contributed by atoms with Crippen molar-refractivity contribution >= 4 is 27.5 Å². The van der Waals surface area contributed by atoms with E-state index >= 15 is 0 Å². The van der Waals surface area contributed by atoms with E-state index in [2.05, 4.69) is 20.5 Å². The summed E-state index contributed by atoms with van der Waals surface area (Å²) in [5.41, 5.74) is 0.551. The monoisotopic (exact) mass is 602 g/mol. The van der Waals surface area contributed by atoms with Crippen LogP contribution in [0, 0.1) is 17.7 Å². The van der Waals surface area contributed by atoms with Gasteiger partial charge < -0.3 is 25.4 Å². The van der Waals surface area contributed by atoms with Crippen LogP contribution in [0.2, 0.25) is 0 Å². The number of hydrogen-bond acceptors (Lipinski definition) is 8. The minimum atomic E-state index is -3.79. The highest BCUT2D eigenvalue weighted by atomic mass is 32.2. The molecule has 0 bridgehead atoms. The van der Waals surface area contributed by atoms with Crippen LogP contribution in [0.25, 0.3) is 11.3 Å². The second-order valence-electron chi connectivity index (χ2n) is 10.7. The van der Waals surface area contributed by atoms with E-state index in [-0.39, 0.29) is 63.4 Å². The van der Waals surface area contributed by atoms with Gasteiger partial charge in [0.15, 0.2) is 11.5 Å². The first kappa shape index (κ1) is 31.0. The summed E-state index contributed by atoms with van der Waals surface area (Å²) in [6.45, 7) is 5.96. The average Bonchev–Trinajstić information content (AvgIpc) is 3.35. The number of aromatic nitrogens is 1. The Bertz CT molecular complexity index is 1550. The molecule has 1 heterocycles. The van der Waals surface area contributed by atoms with Crippen LogP contribution < -0.4 is 15.4 Å². The Morgan fingerprint density at radius 3 is 2.36 bits per heavy atom. The molecule has 226 valence electrons. The van der Waals surface area contributed by atoms with E-state index < -0.39 is 27.7 Å². The summed E-state index contributed by atoms with van der Waals surface area (Å²) in [6.07, 6.45) is 2.13. The van der Waals surface area contributed by atoms with Gasteiger partial charge in [0, 0.05) is 25.1 Å². The van der Waals surface area contributed by atoms with Crippen molar-refractivity contribution in [2.24, 2.45) is 11.8 Å². The molecule has 1 fully saturated rings. The Morgan fingerprint density at radius 1 is 1.07 bits per heavy atom. The summed E-state index contributed by atoms with van der Waals surface area (Å²) in [5.74, 6) is -2.39. The van der Waals surface area contributed by atoms with Crippen LogP contribution in [0.3, 0.4) is 0 Å². The molecule has 5 N–H and O–H groups in total. The first-order valence-corrected chi connectivity index (χ1v) is 15.3. The van der Waals surface area contributed by atoms with Crippen molar-refractivity contribution in [1.29, 1.82) is 0 Å². The molecule has 4 rings (SSSR count). The van der Waals surface area contributed by atoms with Gasteiger partial charge >= 0.3 is 0 Å². The molecule has 3 aromatic rings. The van der Waals surface area contributed by atoms with Crippen LogP contribution >= 0.6 is 0 Å². The van der Waals surface area contributed by atoms with Gasteiger partial charge in [-0.2, -0.15) is 0 Å². The topological polar surface area (TPSA) is 171 Å². The van der Waals surface area contributed by atoms with Gasteiger partial charge in [-0.25, -0.2) is 17.5 Å². The highest BCUT2D eigenvalue weighted by molar-refractivity contribution is 7.89. The Morgan fingerprint density at radius 2 is 1.74 bits per heavy atom. The SMILES string of the molecule is CCNC(=O)c1noc(-c2cc(C(C)C)c(O)cc2O)c1NC(=O)C1CCC(CNS(=O)(=O)c2ccc(F)cc2)CC1. The molecule has 0 radical (unpaired) electrons. The molecule has 2 amide bonds. The van der Waals surface area contributed by atoms with Gasteiger partial charge in [0.2, 0.25) is 15.9 Å². The molecule has 13 heteroatoms. The number of phenols is 2. The number of sulfonamides is 1. The summed E-state index contributed by atoms with van der Waals surface area (Å²) in [5, 5.41) is 30.2. The van der Waals surface area contributed by atoms with Crippen molar-refractivity contribution in [2.45, 2.75) is 57.3 Å². The number of anilines is 1. The Labute approximate surface area is 243 Å². The van der Waals surface area contributed by atoms with Gasteiger partial charge in [-0.3, -0.25) is 9.59 Å². The molecule has 1 aromatic heterocycles. The van der Waals surface area contributed by atoms with E-state index in [4.69, 9.17) is 4.52 Å². The molecule has 0 unspecified atom stereocenters. The molecule has 42 heavy (non-hydrogen) atoms. The maximum absolute atomic E-state index is 13.4. The largest absolute Gasteiger partial charge is 0.508 e. The number of nitrogens with zero attached hydrogens (tertiary/aromatic N) is 1. The molecule has 2 aromatic carbocycles. The predicted octanol–water partition coefficient (Wildman–Crippen LogP) is 4.49. The maximum Gasteiger partial charge on any atom is 0.275 e. The van der Waals surface area contributed by atoms with Crippen molar-refractivity contribution in [3.8, 4) is 22.8 Å². The van der Waals surface area contributed by atoms with Crippen molar-refractivity contribution in [2.75, 3.05) is 18.4 Å². The second kappa shape index (κ2) is 12.9. The van der Waals surface area contributed by atoms with Crippen LogP contribution in [-0.2, 0) is 14.8 Å². The first-order valence-electron chi connectivity index (χ1n) is 13.8. The van der Waals surface area contributed by atoms with Crippen molar-refractivity contribution < 1.29 is 37.1 Å². The number of nitrogens with one attached hydrogen (secondary N) is 3. The van der Waals surface area contributed by atoms with Gasteiger partial charge in [-0.05, 0) is 80.3 Å². The molecular weight excluding hydrogens is 567 g/mol. The molecule has 0 spiro atoms. The smallest absolute Gasteiger partial charge is 0.275 e. The first-order chi connectivity index (χ1) is 19.9. The van der Waals surface area contributed by atoms with Crippen molar-refractivity contribution in [1.82, 2.24) is 15.2 Å². The normalized spacial score (nSPS) is 17.3. The maximum atomic E-state index is 13.4. The van der Waals surface area contributed by atoms with E-state index in [0.717, 1.165) is 12.1 Å². The fraction of sp³-hybridized carbons (Fsp3) is 0.414. The van der Waals surface area contributed by atoms with Gasteiger partial charge in [0.1, 0.15) is 23.0 Å². The molecule has 1 aliphatic carbocycles. The molecule has 0 saturated heterocycles. The summed E-state index contributed by atoms with van der Waals surface area (Å²) >= 11 is 0. The zero-order valence-corrected chi connectivity index (χ0v) is 24.4. The minimum absolute atomic E-state index is 0.00437. The quantitative estimate of drug-likeness (QED) is 0.226. The van der Waals surface area contributed by atoms with Crippen LogP contribution in [0.4, 0.5) is 10.1 Å². The molecule has 0 aliphatic heterocycles. The zero-order chi connectivity index (χ0) is 30.6. The third-order valence-corrected chi connectivity index (χ3v) is 8.85. The molecule has 0 atom stereocenters. The predicted molar refractivity (Wildman–Crippen MR) is 153 cm³/mol. The average molecular weight is 603 g/mol. The fourth-order valence-electron chi connectivity index (χ4n) is 5.01. The number of amides is 2. The molecule has 1 saturated carbocycles. The van der Waals surface area contributed by atoms with Crippen molar-refractivity contribution in [3.05, 3.63) is 53.5 Å². The Kier molecular flexibility index (Phi) is 9.52. The lowest BCUT2D eigenvalue weighted by Gasteiger charge is -2.28. The highest BCUT2D eigenvalue weighted by Crippen LogP contribution is 2.42. The molecule has 11 nitrogen and oxygen atoms in total. The van der Waals surface area contributed by atoms with Crippen LogP contribution in [0.1, 0.15) is 68.4 Å². The van der Waals surface area contributed by atoms with Crippen LogP contribution in [0.5, 0.6) is 11.5 Å². The Balaban J connectivity index is 1.47. The standard InChI is InChI=1S/C29H35FN4O7S/c1-4-31-29(38)26-25(27(41-34-26)22-13-21(16(2)3)23(35)14-24(22)36)33-28(37)18-7-5-17(6-8-18)15-32-42(39,40)20-11-9-19(30)10-12-20/h9-14,16-18,32,35-36H,4-8,15H2,1-3H3,(H,31,38)(H,33,37). The van der Waals surface area contributed by atoms with Crippen LogP contribution in [-0.4, -0.2) is 48.7 Å². The number of carbonyl (C=O) groups is 2. The summed E-state index contributed by atoms with van der Waals surface area (Å²) in [6, 6.07) is 7.29. The number of aromatic hydroxyl groups is 2. The van der Waals surface area contributed by atoms with E-state index in [1.54, 1.807) is 6.92 Å². The highest BCUT2D eigenvalue weighted by Gasteiger charge is 2.32. The van der Waals surface area contributed by atoms with Gasteiger partial charge in [-0.1, -0.05) is 19.0 Å². The summed E-state index contributed by atoms with van der Waals surface area (Å²) < 4.78 is 46.3. The number of carbonyl (C=O) groups excluding carboxylic acids is 2. The lowest BCUT2D eigenvalue weighted by molar-refractivity contribution is -0.121. The number of benzene rings is 2. The number of rotatable bonds is 10. The van der Waals surface area contributed by atoms with E-state index in [1.807, 2.05) is 13.8 Å². The van der Waals surface area contributed by atoms with E-state index in [9.17, 15) is 32.6 Å². The summed E-state index contributed by atoms with van der Waals surface area (Å²) in [7, 11) is -3.79. The van der Waals surface area contributed by atoms with Gasteiger partial charge in [0.25, 0.3) is 5.91 Å². The third kappa shape index (κ3) is 6.90. The second-order valence-corrected chi connectivity index (χ2v) is 12.5. The zero-order valence-electron chi connectivity index (χ0n) is 23.6. The number of hydrogen-bond donors (Lipinski definition) is 5.